The van der Waals surface area contributed by atoms with Crippen LogP contribution in [0.4, 0.5) is 5.69 Å². The number of benzene rings is 1. The van der Waals surface area contributed by atoms with Gasteiger partial charge in [0.05, 0.1) is 16.6 Å². The molecule has 1 aromatic rings. The first kappa shape index (κ1) is 7.32. The van der Waals surface area contributed by atoms with E-state index in [1.807, 2.05) is 23.9 Å². The molecule has 0 bridgehead atoms. The van der Waals surface area contributed by atoms with Crippen molar-refractivity contribution < 1.29 is 0 Å². The number of rotatable bonds is 0. The summed E-state index contributed by atoms with van der Waals surface area (Å²) >= 11 is 7.84. The number of fused-ring (bicyclic) bond motifs is 1. The predicted octanol–water partition coefficient (Wildman–Crippen LogP) is 2.84. The van der Waals surface area contributed by atoms with E-state index >= 15 is 0 Å². The van der Waals surface area contributed by atoms with Crippen LogP contribution in [0.5, 0.6) is 0 Å². The maximum atomic E-state index is 6.01. The zero-order valence-corrected chi connectivity index (χ0v) is 7.75. The van der Waals surface area contributed by atoms with Crippen molar-refractivity contribution in [2.75, 3.05) is 17.8 Å². The first-order chi connectivity index (χ1) is 5.29. The van der Waals surface area contributed by atoms with E-state index in [9.17, 15) is 0 Å². The summed E-state index contributed by atoms with van der Waals surface area (Å²) in [6, 6.07) is 6.03. The molecule has 0 amide bonds. The van der Waals surface area contributed by atoms with E-state index < -0.39 is 0 Å². The smallest absolute Gasteiger partial charge is 0.0698 e. The molecule has 0 N–H and O–H groups in total. The summed E-state index contributed by atoms with van der Waals surface area (Å²) in [4.78, 5) is 3.46. The Morgan fingerprint density at radius 2 is 2.36 bits per heavy atom. The summed E-state index contributed by atoms with van der Waals surface area (Å²) in [6.45, 7) is 0. The van der Waals surface area contributed by atoms with E-state index in [1.54, 1.807) is 0 Å². The molecule has 1 nitrogen and oxygen atoms in total. The molecule has 1 aliphatic heterocycles. The number of hydrogen-bond acceptors (Lipinski definition) is 2. The van der Waals surface area contributed by atoms with Crippen molar-refractivity contribution in [3.8, 4) is 0 Å². The van der Waals surface area contributed by atoms with Crippen LogP contribution in [0.15, 0.2) is 23.1 Å². The van der Waals surface area contributed by atoms with Gasteiger partial charge in [-0.25, -0.2) is 0 Å². The van der Waals surface area contributed by atoms with Crippen molar-refractivity contribution in [3.05, 3.63) is 23.2 Å². The highest BCUT2D eigenvalue weighted by Crippen LogP contribution is 2.41. The number of halogens is 1. The highest BCUT2D eigenvalue weighted by atomic mass is 35.5. The van der Waals surface area contributed by atoms with E-state index in [0.29, 0.717) is 0 Å². The minimum absolute atomic E-state index is 0.856. The van der Waals surface area contributed by atoms with Crippen molar-refractivity contribution in [2.45, 2.75) is 4.90 Å². The van der Waals surface area contributed by atoms with Crippen molar-refractivity contribution in [3.63, 3.8) is 0 Å². The summed E-state index contributed by atoms with van der Waals surface area (Å²) in [5.41, 5.74) is 1.18. The largest absolute Gasteiger partial charge is 0.363 e. The Labute approximate surface area is 75.3 Å². The van der Waals surface area contributed by atoms with Crippen LogP contribution in [0.1, 0.15) is 0 Å². The molecule has 1 heterocycles. The van der Waals surface area contributed by atoms with Crippen molar-refractivity contribution in [1.29, 1.82) is 0 Å². The lowest BCUT2D eigenvalue weighted by molar-refractivity contribution is 1.10. The second-order valence-corrected chi connectivity index (χ2v) is 3.95. The second kappa shape index (κ2) is 2.61. The highest BCUT2D eigenvalue weighted by Gasteiger charge is 2.18. The second-order valence-electron chi connectivity index (χ2n) is 2.56. The van der Waals surface area contributed by atoms with Crippen LogP contribution < -0.4 is 4.90 Å². The van der Waals surface area contributed by atoms with Crippen molar-refractivity contribution in [1.82, 2.24) is 0 Å². The molecule has 0 spiro atoms. The van der Waals surface area contributed by atoms with Crippen molar-refractivity contribution >= 4 is 29.1 Å². The molecule has 1 aromatic carbocycles. The fourth-order valence-electron chi connectivity index (χ4n) is 1.21. The van der Waals surface area contributed by atoms with E-state index in [4.69, 9.17) is 11.6 Å². The monoisotopic (exact) mass is 185 g/mol. The third-order valence-electron chi connectivity index (χ3n) is 1.75. The van der Waals surface area contributed by atoms with E-state index in [2.05, 4.69) is 18.0 Å². The molecule has 0 saturated carbocycles. The maximum Gasteiger partial charge on any atom is 0.0698 e. The number of nitrogens with zero attached hydrogens (tertiary/aromatic N) is 1. The van der Waals surface area contributed by atoms with E-state index in [0.717, 1.165) is 10.9 Å². The average molecular weight is 186 g/mol. The lowest BCUT2D eigenvalue weighted by Gasteiger charge is -2.11. The van der Waals surface area contributed by atoms with Crippen LogP contribution in [0, 0.1) is 0 Å². The molecule has 0 aromatic heterocycles. The molecular weight excluding hydrogens is 178 g/mol. The number of hydrogen-bond donors (Lipinski definition) is 0. The molecule has 3 heteroatoms. The molecule has 0 atom stereocenters. The van der Waals surface area contributed by atoms with Crippen LogP contribution in [-0.4, -0.2) is 12.9 Å². The molecular formula is C8H8ClNS. The lowest BCUT2D eigenvalue weighted by Crippen LogP contribution is -2.10. The molecule has 0 radical (unpaired) electrons. The normalized spacial score (nSPS) is 15.3. The Bertz CT molecular complexity index is 287. The zero-order valence-electron chi connectivity index (χ0n) is 6.17. The fourth-order valence-corrected chi connectivity index (χ4v) is 2.63. The Kier molecular flexibility index (Phi) is 1.74. The minimum atomic E-state index is 0.856. The van der Waals surface area contributed by atoms with Gasteiger partial charge in [0.15, 0.2) is 0 Å². The van der Waals surface area contributed by atoms with Gasteiger partial charge in [0, 0.05) is 11.9 Å². The Hall–Kier alpha value is -0.340. The fraction of sp³-hybridized carbons (Fsp3) is 0.250. The van der Waals surface area contributed by atoms with Gasteiger partial charge in [0.2, 0.25) is 0 Å². The Morgan fingerprint density at radius 3 is 3.09 bits per heavy atom. The van der Waals surface area contributed by atoms with Crippen LogP contribution in [0.25, 0.3) is 0 Å². The van der Waals surface area contributed by atoms with E-state index in [1.165, 1.54) is 10.6 Å². The topological polar surface area (TPSA) is 3.24 Å². The van der Waals surface area contributed by atoms with Gasteiger partial charge in [-0.2, -0.15) is 0 Å². The summed E-state index contributed by atoms with van der Waals surface area (Å²) < 4.78 is 0. The summed E-state index contributed by atoms with van der Waals surface area (Å²) in [5.74, 6) is 1.01. The van der Waals surface area contributed by atoms with Gasteiger partial charge in [-0.3, -0.25) is 0 Å². The summed E-state index contributed by atoms with van der Waals surface area (Å²) in [7, 11) is 2.06. The molecule has 0 fully saturated rings. The molecule has 0 unspecified atom stereocenters. The highest BCUT2D eigenvalue weighted by molar-refractivity contribution is 7.99. The van der Waals surface area contributed by atoms with Gasteiger partial charge < -0.3 is 4.90 Å². The number of anilines is 1. The van der Waals surface area contributed by atoms with Gasteiger partial charge in [-0.05, 0) is 12.1 Å². The number of thioether (sulfide) groups is 1. The Balaban J connectivity index is 2.58. The first-order valence-corrected chi connectivity index (χ1v) is 4.78. The maximum absolute atomic E-state index is 6.01. The van der Waals surface area contributed by atoms with Gasteiger partial charge in [-0.15, -0.1) is 11.8 Å². The molecule has 11 heavy (non-hydrogen) atoms. The molecule has 0 aliphatic carbocycles. The summed E-state index contributed by atoms with van der Waals surface area (Å²) in [5, 5.41) is 0.856. The first-order valence-electron chi connectivity index (χ1n) is 3.41. The standard InChI is InChI=1S/C8H8ClNS/c1-10-5-11-7-4-2-3-6(9)8(7)10/h2-4H,5H2,1H3. The van der Waals surface area contributed by atoms with Gasteiger partial charge in [0.25, 0.3) is 0 Å². The van der Waals surface area contributed by atoms with Gasteiger partial charge >= 0.3 is 0 Å². The van der Waals surface area contributed by atoms with Crippen LogP contribution in [-0.2, 0) is 0 Å². The predicted molar refractivity (Wildman–Crippen MR) is 50.6 cm³/mol. The third kappa shape index (κ3) is 1.10. The SMILES string of the molecule is CN1CSc2cccc(Cl)c21. The van der Waals surface area contributed by atoms with Gasteiger partial charge in [0.1, 0.15) is 0 Å². The van der Waals surface area contributed by atoms with Gasteiger partial charge in [-0.1, -0.05) is 17.7 Å². The average Bonchev–Trinajstić information content (AvgIpc) is 2.34. The lowest BCUT2D eigenvalue weighted by atomic mass is 10.3. The Morgan fingerprint density at radius 1 is 1.55 bits per heavy atom. The van der Waals surface area contributed by atoms with Crippen LogP contribution in [0.2, 0.25) is 5.02 Å². The van der Waals surface area contributed by atoms with Crippen LogP contribution in [0.3, 0.4) is 0 Å². The number of para-hydroxylation sites is 1. The molecule has 58 valence electrons. The molecule has 1 aliphatic rings. The summed E-state index contributed by atoms with van der Waals surface area (Å²) in [6.07, 6.45) is 0. The van der Waals surface area contributed by atoms with Crippen molar-refractivity contribution in [2.24, 2.45) is 0 Å². The van der Waals surface area contributed by atoms with Crippen LogP contribution >= 0.6 is 23.4 Å². The zero-order chi connectivity index (χ0) is 7.84. The third-order valence-corrected chi connectivity index (χ3v) is 3.21. The van der Waals surface area contributed by atoms with E-state index in [-0.39, 0.29) is 0 Å². The minimum Gasteiger partial charge on any atom is -0.363 e. The molecule has 0 saturated heterocycles. The quantitative estimate of drug-likeness (QED) is 0.612. The molecule has 2 rings (SSSR count).